The summed E-state index contributed by atoms with van der Waals surface area (Å²) in [6, 6.07) is 6.71. The molecular weight excluding hydrogens is 583 g/mol. The number of anilines is 1. The van der Waals surface area contributed by atoms with Crippen molar-refractivity contribution < 1.29 is 28.1 Å². The number of nitrogens with zero attached hydrogens (tertiary/aromatic N) is 5. The van der Waals surface area contributed by atoms with Gasteiger partial charge in [0, 0.05) is 54.5 Å². The van der Waals surface area contributed by atoms with Gasteiger partial charge in [-0.15, -0.1) is 0 Å². The number of halogens is 4. The van der Waals surface area contributed by atoms with E-state index in [1.807, 2.05) is 16.7 Å². The van der Waals surface area contributed by atoms with E-state index >= 15 is 4.39 Å². The van der Waals surface area contributed by atoms with Crippen molar-refractivity contribution in [3.63, 3.8) is 0 Å². The van der Waals surface area contributed by atoms with Gasteiger partial charge < -0.3 is 29.6 Å². The van der Waals surface area contributed by atoms with Crippen LogP contribution in [0.4, 0.5) is 18.9 Å². The molecule has 228 valence electrons. The second kappa shape index (κ2) is 11.7. The van der Waals surface area contributed by atoms with Crippen molar-refractivity contribution in [2.75, 3.05) is 50.8 Å². The first kappa shape index (κ1) is 29.8. The monoisotopic (exact) mass is 615 g/mol. The van der Waals surface area contributed by atoms with Gasteiger partial charge in [-0.25, -0.2) is 13.2 Å². The van der Waals surface area contributed by atoms with Gasteiger partial charge in [0.2, 0.25) is 0 Å². The molecule has 0 aliphatic carbocycles. The number of piperazine rings is 1. The fourth-order valence-corrected chi connectivity index (χ4v) is 7.00. The Kier molecular flexibility index (Phi) is 8.08. The Bertz CT molecular complexity index is 1510. The second-order valence-corrected chi connectivity index (χ2v) is 11.8. The van der Waals surface area contributed by atoms with E-state index in [1.54, 1.807) is 11.0 Å². The van der Waals surface area contributed by atoms with Crippen LogP contribution < -0.4 is 9.64 Å². The Morgan fingerprint density at radius 2 is 2.00 bits per heavy atom. The number of hydrogen-bond acceptors (Lipinski definition) is 8. The zero-order valence-electron chi connectivity index (χ0n) is 23.7. The van der Waals surface area contributed by atoms with Crippen molar-refractivity contribution in [1.29, 1.82) is 5.26 Å². The van der Waals surface area contributed by atoms with Crippen LogP contribution >= 0.6 is 11.6 Å². The van der Waals surface area contributed by atoms with Crippen molar-refractivity contribution in [3.05, 3.63) is 64.5 Å². The number of aliphatic hydroxyl groups excluding tert-OH is 2. The van der Waals surface area contributed by atoms with E-state index in [9.17, 15) is 24.3 Å². The van der Waals surface area contributed by atoms with Crippen molar-refractivity contribution in [3.8, 4) is 22.9 Å². The average molecular weight is 616 g/mol. The lowest BCUT2D eigenvalue weighted by atomic mass is 9.88. The van der Waals surface area contributed by atoms with Crippen molar-refractivity contribution in [2.45, 2.75) is 44.3 Å². The molecule has 0 radical (unpaired) electrons. The lowest BCUT2D eigenvalue weighted by Gasteiger charge is -2.51. The Labute approximate surface area is 253 Å². The normalized spacial score (nSPS) is 24.8. The lowest BCUT2D eigenvalue weighted by Crippen LogP contribution is -2.59. The first-order valence-electron chi connectivity index (χ1n) is 14.4. The Morgan fingerprint density at radius 1 is 1.23 bits per heavy atom. The standard InChI is InChI=1S/C31H33ClF3N5O3/c1-3-24(41)38-10-11-39(17(2)14-38)27-20-12-22(32)26(25-19(30(34)35)6-4-7-23(25)33)29-28(20)40(31(42)21(27)13-36)18(16-43-29)15-37-8-5-9-37/h3-4,6-7,12,17-18,24,30-31,41-42H,1,5,8-11,14-16H2,2H3/t17-,18?,24?,31?/m0/s1. The number of hydrogen-bond donors (Lipinski definition) is 2. The highest BCUT2D eigenvalue weighted by Crippen LogP contribution is 2.55. The van der Waals surface area contributed by atoms with Crippen LogP contribution in [-0.2, 0) is 0 Å². The molecule has 12 heteroatoms. The largest absolute Gasteiger partial charge is 0.488 e. The molecule has 2 aromatic rings. The highest BCUT2D eigenvalue weighted by Gasteiger charge is 2.46. The number of aliphatic hydroxyl groups is 2. The molecule has 4 atom stereocenters. The molecule has 0 amide bonds. The fraction of sp³-hybridized carbons (Fsp3) is 0.452. The minimum absolute atomic E-state index is 0.0126. The quantitative estimate of drug-likeness (QED) is 0.443. The third kappa shape index (κ3) is 4.95. The summed E-state index contributed by atoms with van der Waals surface area (Å²) < 4.78 is 50.0. The van der Waals surface area contributed by atoms with Gasteiger partial charge in [-0.05, 0) is 44.6 Å². The van der Waals surface area contributed by atoms with Gasteiger partial charge in [0.05, 0.1) is 22.4 Å². The summed E-state index contributed by atoms with van der Waals surface area (Å²) in [5.41, 5.74) is 0.577. The van der Waals surface area contributed by atoms with Gasteiger partial charge in [-0.1, -0.05) is 30.3 Å². The summed E-state index contributed by atoms with van der Waals surface area (Å²) >= 11 is 6.85. The Morgan fingerprint density at radius 3 is 2.63 bits per heavy atom. The van der Waals surface area contributed by atoms with Gasteiger partial charge in [-0.3, -0.25) is 4.90 Å². The number of benzene rings is 2. The number of alkyl halides is 2. The second-order valence-electron chi connectivity index (χ2n) is 11.4. The minimum Gasteiger partial charge on any atom is -0.488 e. The molecule has 0 bridgehead atoms. The van der Waals surface area contributed by atoms with Crippen molar-refractivity contribution >= 4 is 23.0 Å². The maximum atomic E-state index is 15.4. The topological polar surface area (TPSA) is 86.4 Å². The molecule has 0 aromatic heterocycles. The van der Waals surface area contributed by atoms with Crippen LogP contribution in [0.15, 0.2) is 42.5 Å². The van der Waals surface area contributed by atoms with Crippen LogP contribution in [-0.4, -0.2) is 95.3 Å². The lowest BCUT2D eigenvalue weighted by molar-refractivity contribution is -0.000229. The van der Waals surface area contributed by atoms with Crippen LogP contribution in [0.3, 0.4) is 0 Å². The van der Waals surface area contributed by atoms with E-state index in [4.69, 9.17) is 16.3 Å². The number of nitriles is 1. The predicted octanol–water partition coefficient (Wildman–Crippen LogP) is 4.43. The molecule has 4 aliphatic heterocycles. The van der Waals surface area contributed by atoms with Crippen molar-refractivity contribution in [1.82, 2.24) is 14.7 Å². The molecular formula is C31H33ClF3N5O3. The van der Waals surface area contributed by atoms with Crippen LogP contribution in [0.1, 0.15) is 30.9 Å². The van der Waals surface area contributed by atoms with E-state index < -0.39 is 30.3 Å². The van der Waals surface area contributed by atoms with E-state index in [0.29, 0.717) is 43.1 Å². The van der Waals surface area contributed by atoms with Gasteiger partial charge in [0.1, 0.15) is 30.3 Å². The number of ether oxygens (including phenoxy) is 1. The third-order valence-corrected chi connectivity index (χ3v) is 9.21. The summed E-state index contributed by atoms with van der Waals surface area (Å²) in [5, 5.41) is 32.6. The summed E-state index contributed by atoms with van der Waals surface area (Å²) in [6.45, 7) is 9.35. The molecule has 4 heterocycles. The smallest absolute Gasteiger partial charge is 0.264 e. The Hall–Kier alpha value is -3.27. The molecule has 43 heavy (non-hydrogen) atoms. The van der Waals surface area contributed by atoms with Gasteiger partial charge in [0.15, 0.2) is 12.0 Å². The van der Waals surface area contributed by atoms with Crippen LogP contribution in [0.25, 0.3) is 16.8 Å². The summed E-state index contributed by atoms with van der Waals surface area (Å²) in [6.07, 6.45) is -2.67. The zero-order chi connectivity index (χ0) is 30.6. The summed E-state index contributed by atoms with van der Waals surface area (Å²) in [7, 11) is 0. The first-order valence-corrected chi connectivity index (χ1v) is 14.7. The summed E-state index contributed by atoms with van der Waals surface area (Å²) in [4.78, 5) is 7.77. The highest BCUT2D eigenvalue weighted by atomic mass is 35.5. The van der Waals surface area contributed by atoms with E-state index in [2.05, 4.69) is 17.5 Å². The number of rotatable bonds is 7. The third-order valence-electron chi connectivity index (χ3n) is 8.91. The van der Waals surface area contributed by atoms with Crippen LogP contribution in [0, 0.1) is 17.1 Å². The van der Waals surface area contributed by atoms with Gasteiger partial charge in [-0.2, -0.15) is 5.26 Å². The molecule has 8 nitrogen and oxygen atoms in total. The van der Waals surface area contributed by atoms with Crippen LogP contribution in [0.5, 0.6) is 5.75 Å². The minimum atomic E-state index is -2.97. The molecule has 2 N–H and O–H groups in total. The maximum absolute atomic E-state index is 15.4. The summed E-state index contributed by atoms with van der Waals surface area (Å²) in [5.74, 6) is -0.777. The van der Waals surface area contributed by atoms with E-state index in [1.165, 1.54) is 12.1 Å². The molecule has 4 aliphatic rings. The number of likely N-dealkylation sites (tertiary alicyclic amines) is 1. The zero-order valence-corrected chi connectivity index (χ0v) is 24.4. The molecule has 0 saturated carbocycles. The van der Waals surface area contributed by atoms with Crippen LogP contribution in [0.2, 0.25) is 5.02 Å². The molecule has 2 aromatic carbocycles. The molecule has 3 unspecified atom stereocenters. The SMILES string of the molecule is C=CC(O)N1CCN(C2=C(C#N)C(O)N3c4c2cc(Cl)c(-c2c(F)cccc2C(F)F)c4OCC3CN2CCC2)[C@@H](C)C1. The van der Waals surface area contributed by atoms with E-state index in [-0.39, 0.29) is 46.2 Å². The predicted molar refractivity (Wildman–Crippen MR) is 157 cm³/mol. The molecule has 2 fully saturated rings. The van der Waals surface area contributed by atoms with Gasteiger partial charge >= 0.3 is 0 Å². The van der Waals surface area contributed by atoms with Crippen molar-refractivity contribution in [2.24, 2.45) is 0 Å². The average Bonchev–Trinajstić information content (AvgIpc) is 2.96. The highest BCUT2D eigenvalue weighted by molar-refractivity contribution is 6.34. The Balaban J connectivity index is 1.56. The molecule has 6 rings (SSSR count). The molecule has 2 saturated heterocycles. The molecule has 0 spiro atoms. The maximum Gasteiger partial charge on any atom is 0.264 e. The van der Waals surface area contributed by atoms with E-state index in [0.717, 1.165) is 31.6 Å². The fourth-order valence-electron chi connectivity index (χ4n) is 6.71. The first-order chi connectivity index (χ1) is 20.7. The van der Waals surface area contributed by atoms with Gasteiger partial charge in [0.25, 0.3) is 6.43 Å².